The highest BCUT2D eigenvalue weighted by molar-refractivity contribution is 6.27. The van der Waals surface area contributed by atoms with Gasteiger partial charge in [0.1, 0.15) is 11.2 Å². The van der Waals surface area contributed by atoms with Crippen LogP contribution in [0.1, 0.15) is 0 Å². The van der Waals surface area contributed by atoms with E-state index in [4.69, 9.17) is 4.42 Å². The Labute approximate surface area is 409 Å². The summed E-state index contributed by atoms with van der Waals surface area (Å²) in [5.74, 6) is 0. The number of para-hydroxylation sites is 1. The van der Waals surface area contributed by atoms with Crippen LogP contribution in [-0.4, -0.2) is 0 Å². The molecule has 1 heteroatoms. The lowest BCUT2D eigenvalue weighted by molar-refractivity contribution is 0.669. The van der Waals surface area contributed by atoms with E-state index in [1.54, 1.807) is 0 Å². The zero-order chi connectivity index (χ0) is 46.6. The molecule has 0 radical (unpaired) electrons. The Hall–Kier alpha value is -9.30. The molecule has 16 aromatic rings. The van der Waals surface area contributed by atoms with Gasteiger partial charge in [-0.2, -0.15) is 0 Å². The van der Waals surface area contributed by atoms with Crippen molar-refractivity contribution in [1.29, 1.82) is 0 Å². The van der Waals surface area contributed by atoms with Crippen LogP contribution in [0.15, 0.2) is 259 Å². The molecular formula is C70H42O. The van der Waals surface area contributed by atoms with Crippen molar-refractivity contribution in [2.45, 2.75) is 0 Å². The molecule has 328 valence electrons. The molecule has 1 nitrogen and oxygen atoms in total. The minimum absolute atomic E-state index is 0.925. The molecule has 0 atom stereocenters. The van der Waals surface area contributed by atoms with Crippen molar-refractivity contribution in [1.82, 2.24) is 0 Å². The summed E-state index contributed by atoms with van der Waals surface area (Å²) in [4.78, 5) is 0. The predicted octanol–water partition coefficient (Wildman–Crippen LogP) is 20.0. The lowest BCUT2D eigenvalue weighted by Crippen LogP contribution is -1.90. The Morgan fingerprint density at radius 1 is 0.197 bits per heavy atom. The van der Waals surface area contributed by atoms with E-state index in [0.29, 0.717) is 0 Å². The molecule has 71 heavy (non-hydrogen) atoms. The topological polar surface area (TPSA) is 13.1 Å². The Bertz CT molecular complexity index is 4470. The van der Waals surface area contributed by atoms with Crippen LogP contribution in [0.3, 0.4) is 0 Å². The van der Waals surface area contributed by atoms with Gasteiger partial charge in [-0.15, -0.1) is 0 Å². The summed E-state index contributed by atoms with van der Waals surface area (Å²) in [6.45, 7) is 0. The fourth-order valence-electron chi connectivity index (χ4n) is 12.0. The number of fused-ring (bicyclic) bond motifs is 5. The molecule has 0 bridgehead atoms. The van der Waals surface area contributed by atoms with Crippen LogP contribution in [0, 0.1) is 0 Å². The third-order valence-corrected chi connectivity index (χ3v) is 15.2. The predicted molar refractivity (Wildman–Crippen MR) is 304 cm³/mol. The first-order chi connectivity index (χ1) is 35.2. The van der Waals surface area contributed by atoms with Crippen molar-refractivity contribution in [2.24, 2.45) is 0 Å². The van der Waals surface area contributed by atoms with E-state index in [1.807, 2.05) is 12.1 Å². The molecule has 0 amide bonds. The van der Waals surface area contributed by atoms with E-state index in [0.717, 1.165) is 21.9 Å². The molecule has 0 spiro atoms. The molecule has 1 aromatic heterocycles. The number of hydrogen-bond donors (Lipinski definition) is 0. The van der Waals surface area contributed by atoms with Crippen molar-refractivity contribution in [3.05, 3.63) is 255 Å². The summed E-state index contributed by atoms with van der Waals surface area (Å²) in [7, 11) is 0. The molecule has 0 aliphatic rings. The van der Waals surface area contributed by atoms with Crippen molar-refractivity contribution >= 4 is 108 Å². The highest BCUT2D eigenvalue weighted by atomic mass is 16.3. The molecule has 0 saturated heterocycles. The van der Waals surface area contributed by atoms with E-state index in [2.05, 4.69) is 243 Å². The van der Waals surface area contributed by atoms with E-state index >= 15 is 0 Å². The number of rotatable bonds is 4. The van der Waals surface area contributed by atoms with Crippen LogP contribution in [0.4, 0.5) is 0 Å². The maximum atomic E-state index is 6.10. The molecule has 16 rings (SSSR count). The van der Waals surface area contributed by atoms with E-state index in [-0.39, 0.29) is 0 Å². The number of benzene rings is 15. The van der Waals surface area contributed by atoms with Gasteiger partial charge in [-0.05, 0) is 149 Å². The Morgan fingerprint density at radius 2 is 0.577 bits per heavy atom. The van der Waals surface area contributed by atoms with Gasteiger partial charge in [0.05, 0.1) is 0 Å². The van der Waals surface area contributed by atoms with Gasteiger partial charge in [-0.25, -0.2) is 0 Å². The molecule has 0 unspecified atom stereocenters. The maximum Gasteiger partial charge on any atom is 0.135 e. The Balaban J connectivity index is 0.000000129. The summed E-state index contributed by atoms with van der Waals surface area (Å²) in [5.41, 5.74) is 12.0. The van der Waals surface area contributed by atoms with Crippen LogP contribution in [0.25, 0.3) is 153 Å². The fraction of sp³-hybridized carbons (Fsp3) is 0. The van der Waals surface area contributed by atoms with Crippen molar-refractivity contribution in [2.75, 3.05) is 0 Å². The minimum Gasteiger partial charge on any atom is -0.456 e. The average molecular weight is 899 g/mol. The van der Waals surface area contributed by atoms with Gasteiger partial charge in [0, 0.05) is 10.8 Å². The summed E-state index contributed by atoms with van der Waals surface area (Å²) < 4.78 is 6.10. The van der Waals surface area contributed by atoms with E-state index < -0.39 is 0 Å². The molecule has 1 heterocycles. The van der Waals surface area contributed by atoms with Gasteiger partial charge < -0.3 is 4.42 Å². The average Bonchev–Trinajstić information content (AvgIpc) is 3.82. The highest BCUT2D eigenvalue weighted by Crippen LogP contribution is 2.46. The third-order valence-electron chi connectivity index (χ3n) is 15.2. The monoisotopic (exact) mass is 898 g/mol. The normalized spacial score (nSPS) is 11.9. The zero-order valence-electron chi connectivity index (χ0n) is 38.7. The van der Waals surface area contributed by atoms with Gasteiger partial charge in [0.2, 0.25) is 0 Å². The molecule has 0 aliphatic heterocycles. The number of furan rings is 1. The first-order valence-corrected chi connectivity index (χ1v) is 24.6. The Kier molecular flexibility index (Phi) is 8.73. The molecule has 0 aliphatic carbocycles. The van der Waals surface area contributed by atoms with Crippen LogP contribution in [-0.2, 0) is 0 Å². The summed E-state index contributed by atoms with van der Waals surface area (Å²) in [6.07, 6.45) is 0. The molecular weight excluding hydrogens is 857 g/mol. The van der Waals surface area contributed by atoms with Crippen LogP contribution < -0.4 is 0 Å². The molecule has 15 aromatic carbocycles. The van der Waals surface area contributed by atoms with Crippen molar-refractivity contribution in [3.8, 4) is 44.5 Å². The standard InChI is InChI=1S/C38H22.C32H20O/c1-3-25-11-13-29-15-19-31(33-21-17-27(5-1)35(25)37(29)33)23-7-9-24(10-8-23)32-20-16-30-14-12-26-4-2-6-28-18-22-34(32)38(30)36(26)28;1-2-10-21(11-3-1)31-24-13-4-6-15-26(24)32(27-16-7-5-14-25(27)31)22-18-19-30-28(20-22)23-12-8-9-17-29(23)33-30/h1-22H;1-20H. The summed E-state index contributed by atoms with van der Waals surface area (Å²) in [6, 6.07) is 92.8. The van der Waals surface area contributed by atoms with Gasteiger partial charge >= 0.3 is 0 Å². The van der Waals surface area contributed by atoms with Gasteiger partial charge in [0.15, 0.2) is 0 Å². The fourth-order valence-corrected chi connectivity index (χ4v) is 12.0. The van der Waals surface area contributed by atoms with Crippen molar-refractivity contribution < 1.29 is 4.42 Å². The SMILES string of the molecule is c1cc2ccc3ccc(-c4ccc(-c5ccc6ccc7cccc8ccc5c6c78)cc4)c4ccc(c1)c2c34.c1ccc(-c2c3ccccc3c(-c3ccc4oc5ccccc5c4c3)c3ccccc23)cc1. The van der Waals surface area contributed by atoms with Crippen LogP contribution >= 0.6 is 0 Å². The third kappa shape index (κ3) is 6.13. The largest absolute Gasteiger partial charge is 0.456 e. The second kappa shape index (κ2) is 15.6. The lowest BCUT2D eigenvalue weighted by Gasteiger charge is -2.17. The summed E-state index contributed by atoms with van der Waals surface area (Å²) >= 11 is 0. The minimum atomic E-state index is 0.925. The quantitative estimate of drug-likeness (QED) is 0.127. The smallest absolute Gasteiger partial charge is 0.135 e. The van der Waals surface area contributed by atoms with E-state index in [1.165, 1.54) is 131 Å². The maximum absolute atomic E-state index is 6.10. The molecule has 0 N–H and O–H groups in total. The lowest BCUT2D eigenvalue weighted by atomic mass is 9.86. The van der Waals surface area contributed by atoms with Crippen molar-refractivity contribution in [3.63, 3.8) is 0 Å². The second-order valence-electron chi connectivity index (χ2n) is 19.0. The summed E-state index contributed by atoms with van der Waals surface area (Å²) in [5, 5.41) is 23.3. The second-order valence-corrected chi connectivity index (χ2v) is 19.0. The molecule has 0 fully saturated rings. The highest BCUT2D eigenvalue weighted by Gasteiger charge is 2.19. The van der Waals surface area contributed by atoms with E-state index in [9.17, 15) is 0 Å². The molecule has 0 saturated carbocycles. The van der Waals surface area contributed by atoms with Crippen LogP contribution in [0.2, 0.25) is 0 Å². The first-order valence-electron chi connectivity index (χ1n) is 24.6. The zero-order valence-corrected chi connectivity index (χ0v) is 38.7. The van der Waals surface area contributed by atoms with Gasteiger partial charge in [-0.1, -0.05) is 237 Å². The van der Waals surface area contributed by atoms with Gasteiger partial charge in [0.25, 0.3) is 0 Å². The Morgan fingerprint density at radius 3 is 1.08 bits per heavy atom. The van der Waals surface area contributed by atoms with Crippen LogP contribution in [0.5, 0.6) is 0 Å². The first kappa shape index (κ1) is 39.7. The number of hydrogen-bond acceptors (Lipinski definition) is 1. The van der Waals surface area contributed by atoms with Gasteiger partial charge in [-0.3, -0.25) is 0 Å².